The van der Waals surface area contributed by atoms with E-state index in [0.29, 0.717) is 23.7 Å². The van der Waals surface area contributed by atoms with Gasteiger partial charge in [0.2, 0.25) is 5.95 Å². The zero-order chi connectivity index (χ0) is 19.7. The molecule has 3 aromatic carbocycles. The lowest BCUT2D eigenvalue weighted by atomic mass is 9.55. The SMILES string of the molecule is c1ccc(-n2nnnc2N2C[C@@H]3C4c5ccccc5C(c5ccccc54)[C@@H]3C2)cc1. The van der Waals surface area contributed by atoms with Crippen molar-refractivity contribution in [1.29, 1.82) is 0 Å². The molecule has 1 fully saturated rings. The van der Waals surface area contributed by atoms with Gasteiger partial charge in [-0.2, -0.15) is 4.68 Å². The monoisotopic (exact) mass is 391 g/mol. The van der Waals surface area contributed by atoms with Crippen LogP contribution in [-0.2, 0) is 0 Å². The lowest BCUT2D eigenvalue weighted by molar-refractivity contribution is 0.294. The highest BCUT2D eigenvalue weighted by molar-refractivity contribution is 5.58. The van der Waals surface area contributed by atoms with Crippen molar-refractivity contribution in [2.24, 2.45) is 11.8 Å². The van der Waals surface area contributed by atoms with Gasteiger partial charge in [-0.25, -0.2) is 0 Å². The normalized spacial score (nSPS) is 25.7. The van der Waals surface area contributed by atoms with Crippen LogP contribution in [0, 0.1) is 11.8 Å². The quantitative estimate of drug-likeness (QED) is 0.518. The summed E-state index contributed by atoms with van der Waals surface area (Å²) in [7, 11) is 0. The van der Waals surface area contributed by atoms with Crippen LogP contribution in [0.25, 0.3) is 5.69 Å². The maximum atomic E-state index is 4.43. The number of nitrogens with zero attached hydrogens (tertiary/aromatic N) is 5. The summed E-state index contributed by atoms with van der Waals surface area (Å²) >= 11 is 0. The maximum Gasteiger partial charge on any atom is 0.250 e. The van der Waals surface area contributed by atoms with Crippen molar-refractivity contribution >= 4 is 5.95 Å². The zero-order valence-corrected chi connectivity index (χ0v) is 16.5. The van der Waals surface area contributed by atoms with Crippen molar-refractivity contribution in [3.63, 3.8) is 0 Å². The second-order valence-electron chi connectivity index (χ2n) is 8.67. The Hall–Kier alpha value is -3.47. The van der Waals surface area contributed by atoms with Gasteiger partial charge in [-0.15, -0.1) is 0 Å². The van der Waals surface area contributed by atoms with Crippen LogP contribution in [-0.4, -0.2) is 33.3 Å². The fourth-order valence-electron chi connectivity index (χ4n) is 6.25. The number of rotatable bonds is 2. The average molecular weight is 391 g/mol. The van der Waals surface area contributed by atoms with Crippen molar-refractivity contribution in [2.75, 3.05) is 18.0 Å². The highest BCUT2D eigenvalue weighted by Gasteiger charge is 2.53. The molecule has 0 N–H and O–H groups in total. The molecule has 146 valence electrons. The van der Waals surface area contributed by atoms with Gasteiger partial charge in [0, 0.05) is 24.9 Å². The lowest BCUT2D eigenvalue weighted by Crippen LogP contribution is -2.39. The molecule has 0 amide bonds. The smallest absolute Gasteiger partial charge is 0.250 e. The van der Waals surface area contributed by atoms with Gasteiger partial charge in [0.05, 0.1) is 5.69 Å². The summed E-state index contributed by atoms with van der Waals surface area (Å²) in [6, 6.07) is 28.3. The first-order chi connectivity index (χ1) is 14.9. The molecule has 4 aliphatic rings. The molecule has 1 aliphatic heterocycles. The summed E-state index contributed by atoms with van der Waals surface area (Å²) in [4.78, 5) is 2.40. The number of tetrazole rings is 1. The van der Waals surface area contributed by atoms with E-state index in [1.807, 2.05) is 22.9 Å². The molecule has 2 heterocycles. The Bertz CT molecular complexity index is 1140. The van der Waals surface area contributed by atoms with E-state index in [4.69, 9.17) is 0 Å². The Balaban J connectivity index is 1.33. The molecule has 0 unspecified atom stereocenters. The molecule has 2 bridgehead atoms. The van der Waals surface area contributed by atoms with Gasteiger partial charge in [0.1, 0.15) is 0 Å². The predicted molar refractivity (Wildman–Crippen MR) is 115 cm³/mol. The number of hydrogen-bond donors (Lipinski definition) is 0. The largest absolute Gasteiger partial charge is 0.339 e. The second-order valence-corrected chi connectivity index (χ2v) is 8.67. The van der Waals surface area contributed by atoms with Gasteiger partial charge in [-0.3, -0.25) is 0 Å². The summed E-state index contributed by atoms with van der Waals surface area (Å²) in [5, 5.41) is 12.7. The Morgan fingerprint density at radius 1 is 0.633 bits per heavy atom. The first kappa shape index (κ1) is 16.3. The third-order valence-corrected chi connectivity index (χ3v) is 7.34. The maximum absolute atomic E-state index is 4.43. The van der Waals surface area contributed by atoms with Crippen LogP contribution in [0.15, 0.2) is 78.9 Å². The summed E-state index contributed by atoms with van der Waals surface area (Å²) in [6.45, 7) is 1.98. The molecule has 4 aromatic rings. The molecule has 0 saturated carbocycles. The lowest BCUT2D eigenvalue weighted by Gasteiger charge is -2.47. The topological polar surface area (TPSA) is 46.8 Å². The average Bonchev–Trinajstić information content (AvgIpc) is 3.47. The Morgan fingerprint density at radius 3 is 1.67 bits per heavy atom. The van der Waals surface area contributed by atoms with Gasteiger partial charge < -0.3 is 4.90 Å². The third kappa shape index (κ3) is 2.09. The minimum absolute atomic E-state index is 0.457. The number of anilines is 1. The zero-order valence-electron chi connectivity index (χ0n) is 16.5. The van der Waals surface area contributed by atoms with Crippen molar-refractivity contribution in [3.8, 4) is 5.69 Å². The van der Waals surface area contributed by atoms with Crippen molar-refractivity contribution < 1.29 is 0 Å². The minimum Gasteiger partial charge on any atom is -0.339 e. The fourth-order valence-corrected chi connectivity index (χ4v) is 6.25. The highest BCUT2D eigenvalue weighted by atomic mass is 15.6. The van der Waals surface area contributed by atoms with Gasteiger partial charge in [-0.1, -0.05) is 71.8 Å². The standard InChI is InChI=1S/C25H21N5/c1-2-8-16(9-3-1)30-25(26-27-28-30)29-14-21-22(15-29)24-18-11-5-4-10-17(18)23(21)19-12-6-7-13-20(19)24/h1-13,21-24H,14-15H2/t21-,22+,23?,24?. The third-order valence-electron chi connectivity index (χ3n) is 7.34. The number of aromatic nitrogens is 4. The Labute approximate surface area is 175 Å². The molecular formula is C25H21N5. The van der Waals surface area contributed by atoms with E-state index in [1.54, 1.807) is 0 Å². The first-order valence-corrected chi connectivity index (χ1v) is 10.7. The molecule has 2 atom stereocenters. The van der Waals surface area contributed by atoms with Crippen LogP contribution >= 0.6 is 0 Å². The number of benzene rings is 3. The second kappa shape index (κ2) is 6.02. The van der Waals surface area contributed by atoms with E-state index in [-0.39, 0.29) is 0 Å². The molecule has 1 aromatic heterocycles. The van der Waals surface area contributed by atoms with Crippen LogP contribution < -0.4 is 4.90 Å². The number of hydrogen-bond acceptors (Lipinski definition) is 4. The Morgan fingerprint density at radius 2 is 1.13 bits per heavy atom. The molecule has 1 saturated heterocycles. The molecule has 0 radical (unpaired) electrons. The van der Waals surface area contributed by atoms with E-state index in [2.05, 4.69) is 81.1 Å². The van der Waals surface area contributed by atoms with Crippen molar-refractivity contribution in [1.82, 2.24) is 20.2 Å². The predicted octanol–water partition coefficient (Wildman–Crippen LogP) is 4.01. The molecule has 5 heteroatoms. The first-order valence-electron chi connectivity index (χ1n) is 10.7. The van der Waals surface area contributed by atoms with E-state index in [9.17, 15) is 0 Å². The molecule has 30 heavy (non-hydrogen) atoms. The van der Waals surface area contributed by atoms with Crippen LogP contribution in [0.1, 0.15) is 34.1 Å². The van der Waals surface area contributed by atoms with Crippen LogP contribution in [0.5, 0.6) is 0 Å². The van der Waals surface area contributed by atoms with Gasteiger partial charge in [0.25, 0.3) is 0 Å². The summed E-state index contributed by atoms with van der Waals surface area (Å²) in [6.07, 6.45) is 0. The van der Waals surface area contributed by atoms with Crippen LogP contribution in [0.4, 0.5) is 5.95 Å². The van der Waals surface area contributed by atoms with Gasteiger partial charge in [-0.05, 0) is 56.6 Å². The molecule has 3 aliphatic carbocycles. The minimum atomic E-state index is 0.457. The summed E-state index contributed by atoms with van der Waals surface area (Å²) < 4.78 is 1.87. The highest BCUT2D eigenvalue weighted by Crippen LogP contribution is 2.60. The summed E-state index contributed by atoms with van der Waals surface area (Å²) in [5.41, 5.74) is 7.08. The molecule has 8 rings (SSSR count). The Kier molecular flexibility index (Phi) is 3.28. The van der Waals surface area contributed by atoms with E-state index in [0.717, 1.165) is 24.7 Å². The van der Waals surface area contributed by atoms with Gasteiger partial charge >= 0.3 is 0 Å². The van der Waals surface area contributed by atoms with Crippen LogP contribution in [0.2, 0.25) is 0 Å². The van der Waals surface area contributed by atoms with Gasteiger partial charge in [0.15, 0.2) is 0 Å². The fraction of sp³-hybridized carbons (Fsp3) is 0.240. The van der Waals surface area contributed by atoms with E-state index in [1.165, 1.54) is 22.3 Å². The molecular weight excluding hydrogens is 370 g/mol. The van der Waals surface area contributed by atoms with Crippen molar-refractivity contribution in [3.05, 3.63) is 101 Å². The van der Waals surface area contributed by atoms with E-state index < -0.39 is 0 Å². The molecule has 5 nitrogen and oxygen atoms in total. The van der Waals surface area contributed by atoms with E-state index >= 15 is 0 Å². The molecule has 0 spiro atoms. The van der Waals surface area contributed by atoms with Crippen LogP contribution in [0.3, 0.4) is 0 Å². The van der Waals surface area contributed by atoms with Crippen molar-refractivity contribution in [2.45, 2.75) is 11.8 Å². The number of para-hydroxylation sites is 1. The summed E-state index contributed by atoms with van der Waals surface area (Å²) in [5.74, 6) is 2.93.